The first-order valence-electron chi connectivity index (χ1n) is 6.25. The number of nitrogens with one attached hydrogen (secondary N) is 1. The number of amides is 1. The molecule has 0 fully saturated rings. The van der Waals surface area contributed by atoms with Gasteiger partial charge >= 0.3 is 5.97 Å². The molecule has 1 unspecified atom stereocenters. The molecule has 1 rings (SSSR count). The molecule has 0 aliphatic carbocycles. The highest BCUT2D eigenvalue weighted by molar-refractivity contribution is 9.10. The highest BCUT2D eigenvalue weighted by Crippen LogP contribution is 2.23. The van der Waals surface area contributed by atoms with E-state index in [2.05, 4.69) is 21.2 Å². The van der Waals surface area contributed by atoms with Gasteiger partial charge in [-0.25, -0.2) is 0 Å². The van der Waals surface area contributed by atoms with Gasteiger partial charge in [-0.05, 0) is 35.0 Å². The van der Waals surface area contributed by atoms with Crippen molar-refractivity contribution in [3.05, 3.63) is 28.7 Å². The predicted octanol–water partition coefficient (Wildman–Crippen LogP) is 1.82. The van der Waals surface area contributed by atoms with Gasteiger partial charge in [0.05, 0.1) is 23.0 Å². The maximum Gasteiger partial charge on any atom is 0.305 e. The van der Waals surface area contributed by atoms with Crippen molar-refractivity contribution in [2.45, 2.75) is 18.9 Å². The monoisotopic (exact) mass is 359 g/mol. The van der Waals surface area contributed by atoms with E-state index in [-0.39, 0.29) is 19.6 Å². The van der Waals surface area contributed by atoms with Gasteiger partial charge in [-0.2, -0.15) is 0 Å². The fourth-order valence-corrected chi connectivity index (χ4v) is 2.26. The first-order chi connectivity index (χ1) is 9.86. The smallest absolute Gasteiger partial charge is 0.305 e. The topological polar surface area (TPSA) is 84.9 Å². The molecule has 1 aromatic carbocycles. The van der Waals surface area contributed by atoms with E-state index in [1.54, 1.807) is 25.1 Å². The normalized spacial score (nSPS) is 13.3. The Morgan fingerprint density at radius 2 is 2.05 bits per heavy atom. The molecule has 116 valence electrons. The summed E-state index contributed by atoms with van der Waals surface area (Å²) in [6.07, 6.45) is -0.235. The van der Waals surface area contributed by atoms with Crippen LogP contribution in [0.2, 0.25) is 0 Å². The van der Waals surface area contributed by atoms with Crippen molar-refractivity contribution in [3.63, 3.8) is 0 Å². The van der Waals surface area contributed by atoms with Crippen LogP contribution in [0.3, 0.4) is 0 Å². The molecule has 0 heterocycles. The average molecular weight is 360 g/mol. The van der Waals surface area contributed by atoms with Crippen LogP contribution in [0.4, 0.5) is 0 Å². The second-order valence-electron chi connectivity index (χ2n) is 4.83. The third-order valence-electron chi connectivity index (χ3n) is 2.64. The molecule has 0 aromatic heterocycles. The van der Waals surface area contributed by atoms with Crippen molar-refractivity contribution in [1.82, 2.24) is 5.32 Å². The maximum absolute atomic E-state index is 11.9. The van der Waals surface area contributed by atoms with Crippen LogP contribution in [0.25, 0.3) is 0 Å². The van der Waals surface area contributed by atoms with Crippen LogP contribution in [0.1, 0.15) is 13.3 Å². The summed E-state index contributed by atoms with van der Waals surface area (Å²) >= 11 is 3.31. The number of carbonyl (C=O) groups is 2. The third-order valence-corrected chi connectivity index (χ3v) is 3.30. The summed E-state index contributed by atoms with van der Waals surface area (Å²) in [7, 11) is 1.45. The quantitative estimate of drug-likeness (QED) is 0.739. The van der Waals surface area contributed by atoms with Crippen molar-refractivity contribution >= 4 is 27.8 Å². The number of ether oxygens (including phenoxy) is 2. The lowest BCUT2D eigenvalue weighted by molar-refractivity contribution is -0.139. The lowest BCUT2D eigenvalue weighted by atomic mass is 9.99. The number of rotatable bonds is 8. The molecule has 1 aromatic rings. The molecular weight excluding hydrogens is 342 g/mol. The predicted molar refractivity (Wildman–Crippen MR) is 80.3 cm³/mol. The number of methoxy groups -OCH3 is 1. The number of hydrogen-bond donors (Lipinski definition) is 2. The maximum atomic E-state index is 11.9. The van der Waals surface area contributed by atoms with Crippen LogP contribution in [0.5, 0.6) is 5.75 Å². The number of aliphatic carboxylic acids is 1. The average Bonchev–Trinajstić information content (AvgIpc) is 2.36. The molecule has 0 bridgehead atoms. The summed E-state index contributed by atoms with van der Waals surface area (Å²) < 4.78 is 11.1. The van der Waals surface area contributed by atoms with Crippen molar-refractivity contribution < 1.29 is 24.2 Å². The number of carboxylic acid groups (broad SMARTS) is 1. The largest absolute Gasteiger partial charge is 0.483 e. The number of hydrogen-bond acceptors (Lipinski definition) is 4. The van der Waals surface area contributed by atoms with E-state index in [0.29, 0.717) is 5.75 Å². The van der Waals surface area contributed by atoms with Gasteiger partial charge in [0.15, 0.2) is 6.61 Å². The van der Waals surface area contributed by atoms with Crippen LogP contribution in [-0.4, -0.2) is 42.8 Å². The zero-order valence-corrected chi connectivity index (χ0v) is 13.5. The van der Waals surface area contributed by atoms with E-state index in [4.69, 9.17) is 14.6 Å². The Bertz CT molecular complexity index is 508. The molecule has 0 aliphatic heterocycles. The van der Waals surface area contributed by atoms with Crippen LogP contribution in [0, 0.1) is 0 Å². The Labute approximate surface area is 131 Å². The minimum atomic E-state index is -1.01. The molecule has 21 heavy (non-hydrogen) atoms. The zero-order valence-electron chi connectivity index (χ0n) is 11.9. The van der Waals surface area contributed by atoms with E-state index in [1.807, 2.05) is 6.07 Å². The molecule has 0 spiro atoms. The number of carboxylic acids is 1. The van der Waals surface area contributed by atoms with E-state index in [0.717, 1.165) is 4.47 Å². The molecule has 0 saturated heterocycles. The fourth-order valence-electron chi connectivity index (χ4n) is 1.86. The zero-order chi connectivity index (χ0) is 15.9. The molecule has 1 amide bonds. The molecule has 0 radical (unpaired) electrons. The number of carbonyl (C=O) groups excluding carboxylic acids is 1. The Morgan fingerprint density at radius 1 is 1.38 bits per heavy atom. The Kier molecular flexibility index (Phi) is 6.64. The summed E-state index contributed by atoms with van der Waals surface area (Å²) in [4.78, 5) is 22.8. The summed E-state index contributed by atoms with van der Waals surface area (Å²) in [6.45, 7) is 1.50. The van der Waals surface area contributed by atoms with Crippen LogP contribution in [0.15, 0.2) is 28.7 Å². The van der Waals surface area contributed by atoms with Gasteiger partial charge in [0.25, 0.3) is 5.91 Å². The second kappa shape index (κ2) is 7.99. The van der Waals surface area contributed by atoms with Gasteiger partial charge in [-0.1, -0.05) is 12.1 Å². The summed E-state index contributed by atoms with van der Waals surface area (Å²) in [6, 6.07) is 7.15. The highest BCUT2D eigenvalue weighted by atomic mass is 79.9. The number of para-hydroxylation sites is 1. The number of halogens is 1. The highest BCUT2D eigenvalue weighted by Gasteiger charge is 2.29. The van der Waals surface area contributed by atoms with Gasteiger partial charge < -0.3 is 19.9 Å². The lowest BCUT2D eigenvalue weighted by Gasteiger charge is -2.28. The van der Waals surface area contributed by atoms with Crippen molar-refractivity contribution in [1.29, 1.82) is 0 Å². The second-order valence-corrected chi connectivity index (χ2v) is 5.69. The van der Waals surface area contributed by atoms with E-state index in [9.17, 15) is 9.59 Å². The van der Waals surface area contributed by atoms with E-state index in [1.165, 1.54) is 7.11 Å². The third kappa shape index (κ3) is 6.14. The minimum Gasteiger partial charge on any atom is -0.483 e. The summed E-state index contributed by atoms with van der Waals surface area (Å²) in [5, 5.41) is 11.5. The molecule has 7 heteroatoms. The van der Waals surface area contributed by atoms with E-state index < -0.39 is 17.4 Å². The molecule has 2 N–H and O–H groups in total. The molecule has 6 nitrogen and oxygen atoms in total. The Balaban J connectivity index is 2.58. The van der Waals surface area contributed by atoms with Crippen LogP contribution >= 0.6 is 15.9 Å². The van der Waals surface area contributed by atoms with Crippen molar-refractivity contribution in [2.24, 2.45) is 0 Å². The number of benzene rings is 1. The summed E-state index contributed by atoms with van der Waals surface area (Å²) in [5.74, 6) is -0.882. The van der Waals surface area contributed by atoms with Gasteiger partial charge in [0.2, 0.25) is 0 Å². The molecule has 1 atom stereocenters. The minimum absolute atomic E-state index is 0.0973. The Hall–Kier alpha value is -1.60. The standard InChI is InChI=1S/C14H18BrNO5/c1-14(9-20-2,7-13(18)19)16-12(17)8-21-11-6-4-3-5-10(11)15/h3-6H,7-9H2,1-2H3,(H,16,17)(H,18,19). The van der Waals surface area contributed by atoms with Gasteiger partial charge in [-0.15, -0.1) is 0 Å². The van der Waals surface area contributed by atoms with Gasteiger partial charge in [-0.3, -0.25) is 9.59 Å². The van der Waals surface area contributed by atoms with Crippen molar-refractivity contribution in [3.8, 4) is 5.75 Å². The van der Waals surface area contributed by atoms with Crippen molar-refractivity contribution in [2.75, 3.05) is 20.3 Å². The lowest BCUT2D eigenvalue weighted by Crippen LogP contribution is -2.52. The van der Waals surface area contributed by atoms with Gasteiger partial charge in [0.1, 0.15) is 5.75 Å². The first kappa shape index (κ1) is 17.5. The first-order valence-corrected chi connectivity index (χ1v) is 7.05. The Morgan fingerprint density at radius 3 is 2.62 bits per heavy atom. The molecule has 0 saturated carbocycles. The van der Waals surface area contributed by atoms with Crippen LogP contribution in [-0.2, 0) is 14.3 Å². The van der Waals surface area contributed by atoms with E-state index >= 15 is 0 Å². The summed E-state index contributed by atoms with van der Waals surface area (Å²) in [5.41, 5.74) is -0.977. The molecular formula is C14H18BrNO5. The SMILES string of the molecule is COCC(C)(CC(=O)O)NC(=O)COc1ccccc1Br. The molecule has 0 aliphatic rings. The van der Waals surface area contributed by atoms with Gasteiger partial charge in [0, 0.05) is 7.11 Å². The van der Waals surface area contributed by atoms with Crippen LogP contribution < -0.4 is 10.1 Å². The fraction of sp³-hybridized carbons (Fsp3) is 0.429.